The summed E-state index contributed by atoms with van der Waals surface area (Å²) in [7, 11) is 0. The van der Waals surface area contributed by atoms with E-state index in [-0.39, 0.29) is 0 Å². The highest BCUT2D eigenvalue weighted by Crippen LogP contribution is 2.68. The molecule has 0 aromatic heterocycles. The van der Waals surface area contributed by atoms with Crippen molar-refractivity contribution in [3.63, 3.8) is 0 Å². The Morgan fingerprint density at radius 3 is 2.50 bits per heavy atom. The van der Waals surface area contributed by atoms with E-state index >= 15 is 0 Å². The zero-order chi connectivity index (χ0) is 18.6. The summed E-state index contributed by atoms with van der Waals surface area (Å²) >= 11 is 2.09. The molecule has 0 aromatic rings. The summed E-state index contributed by atoms with van der Waals surface area (Å²) in [6, 6.07) is 0. The van der Waals surface area contributed by atoms with Crippen molar-refractivity contribution in [1.82, 2.24) is 0 Å². The van der Waals surface area contributed by atoms with Crippen molar-refractivity contribution in [1.29, 1.82) is 0 Å². The molecule has 0 saturated heterocycles. The molecule has 0 heterocycles. The number of hydrogen-bond donors (Lipinski definition) is 1. The van der Waals surface area contributed by atoms with Gasteiger partial charge in [0.25, 0.3) is 0 Å². The molecule has 4 aliphatic rings. The summed E-state index contributed by atoms with van der Waals surface area (Å²) in [4.78, 5) is 0. The van der Waals surface area contributed by atoms with Crippen LogP contribution in [0.3, 0.4) is 0 Å². The van der Waals surface area contributed by atoms with Crippen molar-refractivity contribution in [2.45, 2.75) is 97.0 Å². The maximum absolute atomic E-state index is 10.8. The molecule has 0 radical (unpaired) electrons. The Morgan fingerprint density at radius 1 is 0.962 bits per heavy atom. The minimum Gasteiger partial charge on any atom is -0.390 e. The van der Waals surface area contributed by atoms with Crippen molar-refractivity contribution in [2.24, 2.45) is 40.4 Å². The van der Waals surface area contributed by atoms with Crippen molar-refractivity contribution in [3.05, 3.63) is 0 Å². The Hall–Kier alpha value is 0.310. The summed E-state index contributed by atoms with van der Waals surface area (Å²) in [5, 5.41) is 10.8. The van der Waals surface area contributed by atoms with Gasteiger partial charge in [-0.3, -0.25) is 0 Å². The summed E-state index contributed by atoms with van der Waals surface area (Å²) < 4.78 is 0. The van der Waals surface area contributed by atoms with Gasteiger partial charge in [0.2, 0.25) is 0 Å². The van der Waals surface area contributed by atoms with Gasteiger partial charge in [0.05, 0.1) is 5.60 Å². The highest BCUT2D eigenvalue weighted by Gasteiger charge is 2.61. The summed E-state index contributed by atoms with van der Waals surface area (Å²) in [5.74, 6) is 6.05. The van der Waals surface area contributed by atoms with E-state index in [1.54, 1.807) is 0 Å². The molecule has 0 aromatic carbocycles. The molecule has 26 heavy (non-hydrogen) atoms. The second kappa shape index (κ2) is 6.97. The van der Waals surface area contributed by atoms with Crippen molar-refractivity contribution >= 4 is 11.8 Å². The van der Waals surface area contributed by atoms with E-state index in [4.69, 9.17) is 0 Å². The van der Waals surface area contributed by atoms with E-state index in [1.807, 2.05) is 0 Å². The van der Waals surface area contributed by atoms with Crippen LogP contribution in [0.4, 0.5) is 0 Å². The second-order valence-corrected chi connectivity index (χ2v) is 12.0. The predicted octanol–water partition coefficient (Wildman–Crippen LogP) is 6.54. The van der Waals surface area contributed by atoms with Crippen LogP contribution in [0.5, 0.6) is 0 Å². The molecule has 4 rings (SSSR count). The SMILES string of the molecule is CCC[C@H]1CC[C@H]2[C@@H]3CC[C@@H]4C[C@](C)(O)CC[C@]4(CSC)[C@H]3CC[C@]12C. The molecule has 1 N–H and O–H groups in total. The van der Waals surface area contributed by atoms with Crippen LogP contribution in [0, 0.1) is 40.4 Å². The smallest absolute Gasteiger partial charge is 0.0622 e. The third kappa shape index (κ3) is 2.92. The van der Waals surface area contributed by atoms with Gasteiger partial charge < -0.3 is 5.11 Å². The van der Waals surface area contributed by atoms with Gasteiger partial charge in [-0.2, -0.15) is 11.8 Å². The maximum Gasteiger partial charge on any atom is 0.0622 e. The van der Waals surface area contributed by atoms with Gasteiger partial charge in [-0.05, 0) is 117 Å². The van der Waals surface area contributed by atoms with Crippen LogP contribution in [0.25, 0.3) is 0 Å². The van der Waals surface area contributed by atoms with E-state index in [2.05, 4.69) is 38.8 Å². The fourth-order valence-corrected chi connectivity index (χ4v) is 9.85. The van der Waals surface area contributed by atoms with E-state index in [0.29, 0.717) is 10.8 Å². The van der Waals surface area contributed by atoms with Gasteiger partial charge in [-0.1, -0.05) is 26.7 Å². The first-order valence-corrected chi connectivity index (χ1v) is 13.0. The molecule has 8 atom stereocenters. The second-order valence-electron chi connectivity index (χ2n) is 11.1. The zero-order valence-electron chi connectivity index (χ0n) is 17.7. The van der Waals surface area contributed by atoms with Crippen molar-refractivity contribution in [2.75, 3.05) is 12.0 Å². The minimum absolute atomic E-state index is 0.401. The molecule has 1 nitrogen and oxygen atoms in total. The number of aliphatic hydroxyl groups is 1. The van der Waals surface area contributed by atoms with Crippen molar-refractivity contribution in [3.8, 4) is 0 Å². The highest BCUT2D eigenvalue weighted by molar-refractivity contribution is 7.98. The fourth-order valence-electron chi connectivity index (χ4n) is 8.71. The van der Waals surface area contributed by atoms with E-state index in [1.165, 1.54) is 63.5 Å². The van der Waals surface area contributed by atoms with Gasteiger partial charge in [-0.25, -0.2) is 0 Å². The monoisotopic (exact) mass is 378 g/mol. The lowest BCUT2D eigenvalue weighted by Crippen LogP contribution is -2.57. The summed E-state index contributed by atoms with van der Waals surface area (Å²) in [6.45, 7) is 7.17. The van der Waals surface area contributed by atoms with Crippen LogP contribution >= 0.6 is 11.8 Å². The molecular formula is C24H42OS. The maximum atomic E-state index is 10.8. The lowest BCUT2D eigenvalue weighted by molar-refractivity contribution is -0.144. The van der Waals surface area contributed by atoms with E-state index < -0.39 is 5.60 Å². The van der Waals surface area contributed by atoms with Crippen molar-refractivity contribution < 1.29 is 5.11 Å². The van der Waals surface area contributed by atoms with Crippen LogP contribution in [0.2, 0.25) is 0 Å². The van der Waals surface area contributed by atoms with Crippen LogP contribution in [0.1, 0.15) is 91.4 Å². The predicted molar refractivity (Wildman–Crippen MR) is 113 cm³/mol. The molecule has 4 fully saturated rings. The molecule has 0 spiro atoms. The van der Waals surface area contributed by atoms with Crippen LogP contribution in [-0.4, -0.2) is 22.7 Å². The molecular weight excluding hydrogens is 336 g/mol. The number of hydrogen-bond acceptors (Lipinski definition) is 2. The van der Waals surface area contributed by atoms with Crippen LogP contribution in [0.15, 0.2) is 0 Å². The molecule has 0 aliphatic heterocycles. The van der Waals surface area contributed by atoms with E-state index in [9.17, 15) is 5.11 Å². The lowest BCUT2D eigenvalue weighted by Gasteiger charge is -2.63. The topological polar surface area (TPSA) is 20.2 Å². The summed E-state index contributed by atoms with van der Waals surface area (Å²) in [6.07, 6.45) is 17.4. The Morgan fingerprint density at radius 2 is 1.77 bits per heavy atom. The standard InChI is InChI=1S/C24H42OS/c1-5-6-17-8-10-20-19-9-7-18-15-22(2,25)13-14-24(18,16-26-4)21(19)11-12-23(17,20)3/h17-21,25H,5-16H2,1-4H3/t17-,18+,19-,20-,21-,22+,23+,24+/m0/s1. The van der Waals surface area contributed by atoms with Crippen LogP contribution < -0.4 is 0 Å². The van der Waals surface area contributed by atoms with Crippen LogP contribution in [-0.2, 0) is 0 Å². The Kier molecular flexibility index (Phi) is 5.26. The molecule has 0 unspecified atom stereocenters. The van der Waals surface area contributed by atoms with E-state index in [0.717, 1.165) is 42.4 Å². The van der Waals surface area contributed by atoms with Gasteiger partial charge in [0.1, 0.15) is 0 Å². The fraction of sp³-hybridized carbons (Fsp3) is 1.00. The lowest BCUT2D eigenvalue weighted by atomic mass is 9.44. The third-order valence-corrected chi connectivity index (χ3v) is 10.7. The molecule has 4 aliphatic carbocycles. The third-order valence-electron chi connectivity index (χ3n) is 9.90. The molecule has 4 saturated carbocycles. The first kappa shape index (κ1) is 19.6. The quantitative estimate of drug-likeness (QED) is 0.599. The Balaban J connectivity index is 1.62. The van der Waals surface area contributed by atoms with Gasteiger partial charge in [0, 0.05) is 0 Å². The highest BCUT2D eigenvalue weighted by atomic mass is 32.2. The van der Waals surface area contributed by atoms with Gasteiger partial charge in [0.15, 0.2) is 0 Å². The van der Waals surface area contributed by atoms with Gasteiger partial charge >= 0.3 is 0 Å². The molecule has 150 valence electrons. The molecule has 0 amide bonds. The normalized spacial score (nSPS) is 53.7. The number of thioether (sulfide) groups is 1. The zero-order valence-corrected chi connectivity index (χ0v) is 18.5. The first-order valence-electron chi connectivity index (χ1n) is 11.6. The number of rotatable bonds is 4. The summed E-state index contributed by atoms with van der Waals surface area (Å²) in [5.41, 5.74) is 0.779. The molecule has 0 bridgehead atoms. The number of fused-ring (bicyclic) bond motifs is 5. The largest absolute Gasteiger partial charge is 0.390 e. The average Bonchev–Trinajstić information content (AvgIpc) is 2.92. The Labute approximate surface area is 166 Å². The first-order chi connectivity index (χ1) is 12.4. The van der Waals surface area contributed by atoms with Gasteiger partial charge in [-0.15, -0.1) is 0 Å². The molecule has 2 heteroatoms. The average molecular weight is 379 g/mol. The minimum atomic E-state index is -0.401. The Bertz CT molecular complexity index is 516.